The van der Waals surface area contributed by atoms with Crippen molar-refractivity contribution in [2.75, 3.05) is 5.32 Å². The first-order valence-electron chi connectivity index (χ1n) is 8.71. The summed E-state index contributed by atoms with van der Waals surface area (Å²) in [6, 6.07) is 11.9. The Kier molecular flexibility index (Phi) is 3.60. The number of hydrogen-bond acceptors (Lipinski definition) is 6. The molecule has 4 aromatic rings. The fourth-order valence-electron chi connectivity index (χ4n) is 3.00. The first kappa shape index (κ1) is 15.6. The van der Waals surface area contributed by atoms with Crippen molar-refractivity contribution >= 4 is 35.1 Å². The van der Waals surface area contributed by atoms with E-state index in [0.29, 0.717) is 29.1 Å². The Morgan fingerprint density at radius 2 is 2.04 bits per heavy atom. The van der Waals surface area contributed by atoms with Crippen LogP contribution in [0.15, 0.2) is 63.6 Å². The number of anilines is 2. The van der Waals surface area contributed by atoms with Crippen molar-refractivity contribution in [2.45, 2.75) is 6.92 Å². The molecule has 0 saturated carbocycles. The highest BCUT2D eigenvalue weighted by atomic mass is 16.4. The highest BCUT2D eigenvalue weighted by Gasteiger charge is 2.10. The number of pyridine rings is 1. The van der Waals surface area contributed by atoms with Gasteiger partial charge in [0.05, 0.1) is 0 Å². The van der Waals surface area contributed by atoms with Gasteiger partial charge in [0.2, 0.25) is 5.89 Å². The summed E-state index contributed by atoms with van der Waals surface area (Å²) in [4.78, 5) is 13.2. The Morgan fingerprint density at radius 1 is 1.07 bits per heavy atom. The number of benzene rings is 1. The SMILES string of the molecule is CC1C=CC=c2oc(Nc3cccc(-c4nc5ncccc5o4)c3)nc2=C1. The quantitative estimate of drug-likeness (QED) is 0.606. The molecule has 0 aliphatic heterocycles. The molecule has 0 amide bonds. The van der Waals surface area contributed by atoms with E-state index < -0.39 is 0 Å². The molecule has 0 bridgehead atoms. The fraction of sp³-hybridized carbons (Fsp3) is 0.0952. The third-order valence-electron chi connectivity index (χ3n) is 4.29. The maximum Gasteiger partial charge on any atom is 0.300 e. The van der Waals surface area contributed by atoms with Crippen LogP contribution in [0.4, 0.5) is 11.7 Å². The molecule has 0 radical (unpaired) electrons. The molecule has 1 aliphatic rings. The molecule has 3 aromatic heterocycles. The first-order valence-corrected chi connectivity index (χ1v) is 8.71. The minimum Gasteiger partial charge on any atom is -0.434 e. The number of aromatic nitrogens is 3. The van der Waals surface area contributed by atoms with E-state index in [0.717, 1.165) is 22.0 Å². The van der Waals surface area contributed by atoms with Crippen LogP contribution in [-0.2, 0) is 0 Å². The summed E-state index contributed by atoms with van der Waals surface area (Å²) < 4.78 is 11.6. The van der Waals surface area contributed by atoms with Gasteiger partial charge in [0.25, 0.3) is 6.01 Å². The van der Waals surface area contributed by atoms with Crippen LogP contribution in [0.25, 0.3) is 34.8 Å². The number of oxazole rings is 2. The predicted octanol–water partition coefficient (Wildman–Crippen LogP) is 3.39. The summed E-state index contributed by atoms with van der Waals surface area (Å²) >= 11 is 0. The summed E-state index contributed by atoms with van der Waals surface area (Å²) in [7, 11) is 0. The number of fused-ring (bicyclic) bond motifs is 2. The summed E-state index contributed by atoms with van der Waals surface area (Å²) in [6.07, 6.45) is 9.79. The van der Waals surface area contributed by atoms with Crippen LogP contribution in [0.3, 0.4) is 0 Å². The maximum atomic E-state index is 5.82. The number of nitrogens with one attached hydrogen (secondary N) is 1. The fourth-order valence-corrected chi connectivity index (χ4v) is 3.00. The second-order valence-electron chi connectivity index (χ2n) is 6.40. The molecule has 1 N–H and O–H groups in total. The van der Waals surface area contributed by atoms with Crippen LogP contribution < -0.4 is 16.1 Å². The Labute approximate surface area is 154 Å². The maximum absolute atomic E-state index is 5.82. The van der Waals surface area contributed by atoms with Crippen molar-refractivity contribution < 1.29 is 8.83 Å². The molecule has 1 unspecified atom stereocenters. The van der Waals surface area contributed by atoms with E-state index in [1.165, 1.54) is 0 Å². The average Bonchev–Trinajstić information content (AvgIpc) is 3.22. The molecule has 27 heavy (non-hydrogen) atoms. The number of hydrogen-bond donors (Lipinski definition) is 1. The Bertz CT molecular complexity index is 1250. The highest BCUT2D eigenvalue weighted by Crippen LogP contribution is 2.26. The Hall–Kier alpha value is -3.67. The first-order chi connectivity index (χ1) is 13.2. The molecule has 1 aliphatic carbocycles. The van der Waals surface area contributed by atoms with E-state index >= 15 is 0 Å². The van der Waals surface area contributed by atoms with Crippen LogP contribution in [-0.4, -0.2) is 15.0 Å². The second-order valence-corrected chi connectivity index (χ2v) is 6.40. The van der Waals surface area contributed by atoms with Crippen molar-refractivity contribution in [1.29, 1.82) is 0 Å². The molecule has 0 spiro atoms. The van der Waals surface area contributed by atoms with E-state index in [1.807, 2.05) is 48.6 Å². The highest BCUT2D eigenvalue weighted by molar-refractivity contribution is 5.73. The summed E-state index contributed by atoms with van der Waals surface area (Å²) in [6.45, 7) is 2.11. The number of rotatable bonds is 3. The van der Waals surface area contributed by atoms with Gasteiger partial charge in [-0.3, -0.25) is 0 Å². The molecular weight excluding hydrogens is 340 g/mol. The van der Waals surface area contributed by atoms with E-state index in [2.05, 4.69) is 39.3 Å². The smallest absolute Gasteiger partial charge is 0.300 e. The third-order valence-corrected chi connectivity index (χ3v) is 4.29. The van der Waals surface area contributed by atoms with Gasteiger partial charge in [0.15, 0.2) is 16.6 Å². The summed E-state index contributed by atoms with van der Waals surface area (Å²) in [5.41, 5.74) is 3.69. The van der Waals surface area contributed by atoms with Crippen molar-refractivity contribution in [3.05, 3.63) is 65.5 Å². The van der Waals surface area contributed by atoms with Gasteiger partial charge < -0.3 is 14.2 Å². The molecule has 0 fully saturated rings. The Morgan fingerprint density at radius 3 is 2.96 bits per heavy atom. The van der Waals surface area contributed by atoms with Crippen LogP contribution in [0.5, 0.6) is 0 Å². The molecule has 1 atom stereocenters. The van der Waals surface area contributed by atoms with Gasteiger partial charge in [-0.2, -0.15) is 9.97 Å². The normalized spacial score (nSPS) is 15.7. The van der Waals surface area contributed by atoms with Crippen LogP contribution in [0, 0.1) is 5.92 Å². The minimum atomic E-state index is 0.316. The summed E-state index contributed by atoms with van der Waals surface area (Å²) in [5.74, 6) is 0.840. The Balaban J connectivity index is 1.48. The summed E-state index contributed by atoms with van der Waals surface area (Å²) in [5, 5.41) is 4.06. The number of allylic oxidation sites excluding steroid dienone is 2. The minimum absolute atomic E-state index is 0.316. The zero-order valence-corrected chi connectivity index (χ0v) is 14.6. The van der Waals surface area contributed by atoms with Crippen LogP contribution in [0.1, 0.15) is 6.92 Å². The van der Waals surface area contributed by atoms with Gasteiger partial charge in [-0.25, -0.2) is 4.98 Å². The van der Waals surface area contributed by atoms with Crippen LogP contribution >= 0.6 is 0 Å². The lowest BCUT2D eigenvalue weighted by Crippen LogP contribution is -2.21. The van der Waals surface area contributed by atoms with E-state index in [9.17, 15) is 0 Å². The van der Waals surface area contributed by atoms with E-state index in [4.69, 9.17) is 8.83 Å². The van der Waals surface area contributed by atoms with Gasteiger partial charge >= 0.3 is 0 Å². The van der Waals surface area contributed by atoms with Gasteiger partial charge in [0, 0.05) is 17.4 Å². The molecular formula is C21H16N4O2. The predicted molar refractivity (Wildman–Crippen MR) is 104 cm³/mol. The van der Waals surface area contributed by atoms with Crippen molar-refractivity contribution in [3.63, 3.8) is 0 Å². The monoisotopic (exact) mass is 356 g/mol. The lowest BCUT2D eigenvalue weighted by Gasteiger charge is -2.03. The third kappa shape index (κ3) is 3.01. The average molecular weight is 356 g/mol. The topological polar surface area (TPSA) is 77.0 Å². The lowest BCUT2D eigenvalue weighted by atomic mass is 10.2. The molecule has 6 nitrogen and oxygen atoms in total. The van der Waals surface area contributed by atoms with Crippen molar-refractivity contribution in [3.8, 4) is 11.5 Å². The largest absolute Gasteiger partial charge is 0.434 e. The molecule has 5 rings (SSSR count). The van der Waals surface area contributed by atoms with Crippen molar-refractivity contribution in [1.82, 2.24) is 15.0 Å². The molecule has 6 heteroatoms. The molecule has 1 aromatic carbocycles. The van der Waals surface area contributed by atoms with E-state index in [-0.39, 0.29) is 0 Å². The van der Waals surface area contributed by atoms with E-state index in [1.54, 1.807) is 6.20 Å². The van der Waals surface area contributed by atoms with Gasteiger partial charge in [-0.1, -0.05) is 25.1 Å². The van der Waals surface area contributed by atoms with Gasteiger partial charge in [0.1, 0.15) is 5.35 Å². The van der Waals surface area contributed by atoms with Crippen LogP contribution in [0.2, 0.25) is 0 Å². The molecule has 132 valence electrons. The standard InChI is InChI=1S/C21H16N4O2/c1-13-5-2-8-17-16(11-13)24-21(27-17)23-15-7-3-6-14(12-15)20-25-19-18(26-20)9-4-10-22-19/h2-13H,1H3,(H,23,24). The van der Waals surface area contributed by atoms with Gasteiger partial charge in [-0.05, 0) is 48.4 Å². The molecule has 3 heterocycles. The van der Waals surface area contributed by atoms with Gasteiger partial charge in [-0.15, -0.1) is 0 Å². The molecule has 0 saturated heterocycles. The zero-order valence-electron chi connectivity index (χ0n) is 14.6. The second kappa shape index (κ2) is 6.25. The zero-order chi connectivity index (χ0) is 18.2. The van der Waals surface area contributed by atoms with Crippen molar-refractivity contribution in [2.24, 2.45) is 5.92 Å². The number of nitrogens with zero attached hydrogens (tertiary/aromatic N) is 3. The lowest BCUT2D eigenvalue weighted by molar-refractivity contribution is 0.544.